The van der Waals surface area contributed by atoms with Crippen LogP contribution in [0.15, 0.2) is 36.5 Å². The van der Waals surface area contributed by atoms with Crippen molar-refractivity contribution in [3.63, 3.8) is 0 Å². The fourth-order valence-corrected chi connectivity index (χ4v) is 1.94. The topological polar surface area (TPSA) is 3.24 Å². The summed E-state index contributed by atoms with van der Waals surface area (Å²) in [5.41, 5.74) is 3.94. The molecule has 0 aromatic heterocycles. The van der Waals surface area contributed by atoms with Gasteiger partial charge in [0, 0.05) is 18.4 Å². The highest BCUT2D eigenvalue weighted by Crippen LogP contribution is 2.33. The molecule has 0 unspecified atom stereocenters. The summed E-state index contributed by atoms with van der Waals surface area (Å²) >= 11 is 0. The van der Waals surface area contributed by atoms with Crippen LogP contribution in [0.25, 0.3) is 0 Å². The van der Waals surface area contributed by atoms with Crippen molar-refractivity contribution < 1.29 is 0 Å². The van der Waals surface area contributed by atoms with Crippen molar-refractivity contribution in [1.82, 2.24) is 0 Å². The molecule has 0 saturated heterocycles. The first-order valence-corrected chi connectivity index (χ1v) is 6.27. The summed E-state index contributed by atoms with van der Waals surface area (Å²) in [5, 5.41) is 0. The molecule has 0 aliphatic rings. The van der Waals surface area contributed by atoms with Crippen LogP contribution in [0.5, 0.6) is 0 Å². The first-order valence-electron chi connectivity index (χ1n) is 6.27. The lowest BCUT2D eigenvalue weighted by molar-refractivity contribution is 0.588. The summed E-state index contributed by atoms with van der Waals surface area (Å²) in [6, 6.07) is 8.58. The average molecular weight is 231 g/mol. The number of nitrogens with zero attached hydrogens (tertiary/aromatic N) is 1. The minimum Gasteiger partial charge on any atom is -0.348 e. The molecule has 0 amide bonds. The summed E-state index contributed by atoms with van der Waals surface area (Å²) < 4.78 is 0. The van der Waals surface area contributed by atoms with Crippen LogP contribution in [0, 0.1) is 5.92 Å². The number of rotatable bonds is 3. The van der Waals surface area contributed by atoms with Crippen LogP contribution < -0.4 is 4.90 Å². The van der Waals surface area contributed by atoms with Crippen molar-refractivity contribution in [1.29, 1.82) is 0 Å². The Bertz CT molecular complexity index is 396. The number of anilines is 1. The Morgan fingerprint density at radius 3 is 2.18 bits per heavy atom. The van der Waals surface area contributed by atoms with Crippen molar-refractivity contribution in [3.8, 4) is 0 Å². The Kier molecular flexibility index (Phi) is 4.03. The molecule has 0 N–H and O–H groups in total. The van der Waals surface area contributed by atoms with Crippen LogP contribution in [0.2, 0.25) is 0 Å². The summed E-state index contributed by atoms with van der Waals surface area (Å²) in [4.78, 5) is 2.21. The molecule has 1 aromatic carbocycles. The molecule has 17 heavy (non-hydrogen) atoms. The molecule has 1 nitrogen and oxygen atoms in total. The number of benzene rings is 1. The van der Waals surface area contributed by atoms with Gasteiger partial charge in [-0.05, 0) is 23.0 Å². The average Bonchev–Trinajstić information content (AvgIpc) is 2.25. The van der Waals surface area contributed by atoms with E-state index < -0.39 is 0 Å². The molecule has 0 aliphatic carbocycles. The quantitative estimate of drug-likeness (QED) is 0.735. The maximum atomic E-state index is 4.18. The second-order valence-electron chi connectivity index (χ2n) is 5.97. The van der Waals surface area contributed by atoms with Crippen molar-refractivity contribution in [3.05, 3.63) is 42.1 Å². The maximum absolute atomic E-state index is 4.18. The monoisotopic (exact) mass is 231 g/mol. The first kappa shape index (κ1) is 13.8. The minimum atomic E-state index is 0.155. The number of allylic oxidation sites excluding steroid dienone is 1. The predicted molar refractivity (Wildman–Crippen MR) is 77.5 cm³/mol. The van der Waals surface area contributed by atoms with Gasteiger partial charge in [-0.2, -0.15) is 0 Å². The predicted octanol–water partition coefficient (Wildman–Crippen LogP) is 4.59. The highest BCUT2D eigenvalue weighted by molar-refractivity contribution is 5.59. The lowest BCUT2D eigenvalue weighted by Crippen LogP contribution is -2.24. The standard InChI is InChI=1S/C16H25N/c1-12(2)13(3)17(7)15-11-9-8-10-14(15)16(4,5)6/h8-12H,3H2,1-2,4-7H3. The molecule has 0 bridgehead atoms. The van der Waals surface area contributed by atoms with Gasteiger partial charge < -0.3 is 4.90 Å². The van der Waals surface area contributed by atoms with E-state index in [-0.39, 0.29) is 5.41 Å². The molecule has 0 radical (unpaired) electrons. The summed E-state index contributed by atoms with van der Waals surface area (Å²) in [7, 11) is 2.10. The smallest absolute Gasteiger partial charge is 0.0443 e. The van der Waals surface area contributed by atoms with Crippen LogP contribution in [-0.4, -0.2) is 7.05 Å². The van der Waals surface area contributed by atoms with E-state index in [2.05, 4.69) is 77.4 Å². The summed E-state index contributed by atoms with van der Waals surface area (Å²) in [5.74, 6) is 0.466. The third kappa shape index (κ3) is 3.12. The van der Waals surface area contributed by atoms with Crippen LogP contribution in [-0.2, 0) is 5.41 Å². The molecular weight excluding hydrogens is 206 g/mol. The van der Waals surface area contributed by atoms with Crippen LogP contribution in [0.3, 0.4) is 0 Å². The molecular formula is C16H25N. The Morgan fingerprint density at radius 2 is 1.71 bits per heavy atom. The number of hydrogen-bond acceptors (Lipinski definition) is 1. The Labute approximate surface area is 106 Å². The molecule has 0 fully saturated rings. The lowest BCUT2D eigenvalue weighted by Gasteiger charge is -2.31. The van der Waals surface area contributed by atoms with Gasteiger partial charge in [0.05, 0.1) is 0 Å². The van der Waals surface area contributed by atoms with E-state index in [0.717, 1.165) is 5.70 Å². The second-order valence-corrected chi connectivity index (χ2v) is 5.97. The summed E-state index contributed by atoms with van der Waals surface area (Å²) in [6.07, 6.45) is 0. The molecule has 0 atom stereocenters. The largest absolute Gasteiger partial charge is 0.348 e. The van der Waals surface area contributed by atoms with Crippen molar-refractivity contribution in [2.24, 2.45) is 5.92 Å². The van der Waals surface area contributed by atoms with E-state index >= 15 is 0 Å². The van der Waals surface area contributed by atoms with Gasteiger partial charge in [-0.1, -0.05) is 59.4 Å². The zero-order valence-electron chi connectivity index (χ0n) is 12.0. The lowest BCUT2D eigenvalue weighted by atomic mass is 9.85. The van der Waals surface area contributed by atoms with Gasteiger partial charge in [-0.3, -0.25) is 0 Å². The van der Waals surface area contributed by atoms with E-state index in [1.807, 2.05) is 0 Å². The molecule has 0 saturated carbocycles. The van der Waals surface area contributed by atoms with E-state index in [1.165, 1.54) is 11.3 Å². The molecule has 0 heterocycles. The molecule has 94 valence electrons. The minimum absolute atomic E-state index is 0.155. The Balaban J connectivity index is 3.19. The van der Waals surface area contributed by atoms with Gasteiger partial charge in [0.1, 0.15) is 0 Å². The third-order valence-electron chi connectivity index (χ3n) is 3.17. The second kappa shape index (κ2) is 4.95. The summed E-state index contributed by atoms with van der Waals surface area (Å²) in [6.45, 7) is 15.3. The Hall–Kier alpha value is -1.24. The zero-order valence-corrected chi connectivity index (χ0v) is 12.0. The molecule has 0 spiro atoms. The Morgan fingerprint density at radius 1 is 1.18 bits per heavy atom. The van der Waals surface area contributed by atoms with E-state index in [9.17, 15) is 0 Å². The van der Waals surface area contributed by atoms with Crippen molar-refractivity contribution in [2.45, 2.75) is 40.0 Å². The van der Waals surface area contributed by atoms with Gasteiger partial charge >= 0.3 is 0 Å². The van der Waals surface area contributed by atoms with Crippen LogP contribution in [0.4, 0.5) is 5.69 Å². The highest BCUT2D eigenvalue weighted by atomic mass is 15.1. The highest BCUT2D eigenvalue weighted by Gasteiger charge is 2.20. The maximum Gasteiger partial charge on any atom is 0.0443 e. The van der Waals surface area contributed by atoms with Gasteiger partial charge in [0.15, 0.2) is 0 Å². The first-order chi connectivity index (χ1) is 7.75. The normalized spacial score (nSPS) is 11.7. The SMILES string of the molecule is C=C(C(C)C)N(C)c1ccccc1C(C)(C)C. The van der Waals surface area contributed by atoms with Crippen molar-refractivity contribution >= 4 is 5.69 Å². The van der Waals surface area contributed by atoms with Crippen molar-refractivity contribution in [2.75, 3.05) is 11.9 Å². The zero-order chi connectivity index (χ0) is 13.2. The number of hydrogen-bond donors (Lipinski definition) is 0. The fraction of sp³-hybridized carbons (Fsp3) is 0.500. The number of para-hydroxylation sites is 1. The van der Waals surface area contributed by atoms with Crippen LogP contribution in [0.1, 0.15) is 40.2 Å². The van der Waals surface area contributed by atoms with E-state index in [4.69, 9.17) is 0 Å². The van der Waals surface area contributed by atoms with Gasteiger partial charge in [-0.15, -0.1) is 0 Å². The molecule has 0 aliphatic heterocycles. The molecule has 1 rings (SSSR count). The molecule has 1 heteroatoms. The van der Waals surface area contributed by atoms with E-state index in [0.29, 0.717) is 5.92 Å². The van der Waals surface area contributed by atoms with E-state index in [1.54, 1.807) is 0 Å². The van der Waals surface area contributed by atoms with Gasteiger partial charge in [0.25, 0.3) is 0 Å². The van der Waals surface area contributed by atoms with Crippen LogP contribution >= 0.6 is 0 Å². The molecule has 1 aromatic rings. The van der Waals surface area contributed by atoms with Gasteiger partial charge in [-0.25, -0.2) is 0 Å². The third-order valence-corrected chi connectivity index (χ3v) is 3.17. The fourth-order valence-electron chi connectivity index (χ4n) is 1.94. The van der Waals surface area contributed by atoms with Gasteiger partial charge in [0.2, 0.25) is 0 Å².